The van der Waals surface area contributed by atoms with Crippen LogP contribution in [0.25, 0.3) is 11.0 Å². The molecule has 4 rings (SSSR count). The molecule has 0 aromatic carbocycles. The van der Waals surface area contributed by atoms with Crippen molar-refractivity contribution in [2.75, 3.05) is 13.1 Å². The number of carbonyl (C=O) groups excluding carboxylic acids is 1. The lowest BCUT2D eigenvalue weighted by Crippen LogP contribution is -2.39. The molecule has 0 saturated carbocycles. The molecule has 30 heavy (non-hydrogen) atoms. The molecule has 0 unspecified atom stereocenters. The van der Waals surface area contributed by atoms with E-state index in [-0.39, 0.29) is 11.8 Å². The predicted octanol–water partition coefficient (Wildman–Crippen LogP) is 4.53. The standard InChI is InChI=1S/C21H23F3N4O2/c1-12-15(13(2)30-27-12)5-8-20(29)28-9-3-4-14(11-28)17-10-18-16(25-17)6-7-19(26-18)21(22,23)24/h6-7,10,14,25H,3-5,8-9,11H2,1-2H3/t14-/m1/s1. The van der Waals surface area contributed by atoms with Crippen molar-refractivity contribution >= 4 is 16.9 Å². The van der Waals surface area contributed by atoms with E-state index in [0.717, 1.165) is 41.6 Å². The van der Waals surface area contributed by atoms with Gasteiger partial charge in [0, 0.05) is 36.7 Å². The van der Waals surface area contributed by atoms with Gasteiger partial charge in [-0.3, -0.25) is 4.79 Å². The Morgan fingerprint density at radius 2 is 2.13 bits per heavy atom. The minimum absolute atomic E-state index is 0.0466. The van der Waals surface area contributed by atoms with Crippen LogP contribution < -0.4 is 0 Å². The monoisotopic (exact) mass is 420 g/mol. The number of amides is 1. The molecule has 1 atom stereocenters. The summed E-state index contributed by atoms with van der Waals surface area (Å²) in [5.74, 6) is 0.846. The lowest BCUT2D eigenvalue weighted by atomic mass is 9.94. The second-order valence-electron chi connectivity index (χ2n) is 7.83. The molecule has 4 heterocycles. The van der Waals surface area contributed by atoms with E-state index in [4.69, 9.17) is 4.52 Å². The van der Waals surface area contributed by atoms with Crippen molar-refractivity contribution in [1.82, 2.24) is 20.0 Å². The number of halogens is 3. The number of alkyl halides is 3. The van der Waals surface area contributed by atoms with Crippen molar-refractivity contribution in [2.24, 2.45) is 0 Å². The van der Waals surface area contributed by atoms with Gasteiger partial charge >= 0.3 is 6.18 Å². The summed E-state index contributed by atoms with van der Waals surface area (Å²) in [6.07, 6.45) is -1.80. The number of likely N-dealkylation sites (tertiary alicyclic amines) is 1. The van der Waals surface area contributed by atoms with E-state index in [1.807, 2.05) is 18.7 Å². The molecule has 1 amide bonds. The van der Waals surface area contributed by atoms with Gasteiger partial charge in [0.15, 0.2) is 0 Å². The largest absolute Gasteiger partial charge is 0.433 e. The maximum absolute atomic E-state index is 12.9. The van der Waals surface area contributed by atoms with Gasteiger partial charge in [-0.15, -0.1) is 0 Å². The molecule has 1 N–H and O–H groups in total. The van der Waals surface area contributed by atoms with Gasteiger partial charge in [-0.1, -0.05) is 5.16 Å². The molecule has 6 nitrogen and oxygen atoms in total. The van der Waals surface area contributed by atoms with Crippen LogP contribution in [-0.2, 0) is 17.4 Å². The van der Waals surface area contributed by atoms with E-state index in [0.29, 0.717) is 37.0 Å². The van der Waals surface area contributed by atoms with E-state index in [2.05, 4.69) is 15.1 Å². The number of aromatic amines is 1. The molecule has 1 fully saturated rings. The number of aromatic nitrogens is 3. The van der Waals surface area contributed by atoms with E-state index in [1.54, 1.807) is 6.07 Å². The first-order valence-corrected chi connectivity index (χ1v) is 9.98. The van der Waals surface area contributed by atoms with Gasteiger partial charge in [-0.05, 0) is 51.3 Å². The molecule has 9 heteroatoms. The number of rotatable bonds is 4. The van der Waals surface area contributed by atoms with Crippen molar-refractivity contribution in [1.29, 1.82) is 0 Å². The maximum Gasteiger partial charge on any atom is 0.433 e. The highest BCUT2D eigenvalue weighted by atomic mass is 19.4. The van der Waals surface area contributed by atoms with E-state index in [9.17, 15) is 18.0 Å². The topological polar surface area (TPSA) is 75.0 Å². The van der Waals surface area contributed by atoms with Gasteiger partial charge in [0.1, 0.15) is 11.5 Å². The average Bonchev–Trinajstić information content (AvgIpc) is 3.28. The Kier molecular flexibility index (Phi) is 5.29. The number of hydrogen-bond acceptors (Lipinski definition) is 4. The average molecular weight is 420 g/mol. The second-order valence-corrected chi connectivity index (χ2v) is 7.83. The van der Waals surface area contributed by atoms with Gasteiger partial charge in [0.05, 0.1) is 16.7 Å². The number of H-pyrrole nitrogens is 1. The fourth-order valence-electron chi connectivity index (χ4n) is 4.11. The van der Waals surface area contributed by atoms with Crippen LogP contribution in [0.1, 0.15) is 53.6 Å². The maximum atomic E-state index is 12.9. The zero-order valence-electron chi connectivity index (χ0n) is 16.8. The molecule has 160 valence electrons. The number of piperidine rings is 1. The van der Waals surface area contributed by atoms with Gasteiger partial charge in [0.2, 0.25) is 5.91 Å². The number of hydrogen-bond donors (Lipinski definition) is 1. The van der Waals surface area contributed by atoms with E-state index in [1.165, 1.54) is 6.07 Å². The SMILES string of the molecule is Cc1noc(C)c1CCC(=O)N1CCC[C@@H](c2cc3nc(C(F)(F)F)ccc3[nH]2)C1. The molecule has 1 saturated heterocycles. The first kappa shape index (κ1) is 20.4. The molecular formula is C21H23F3N4O2. The summed E-state index contributed by atoms with van der Waals surface area (Å²) in [5, 5.41) is 3.92. The Labute approximate surface area is 171 Å². The molecule has 0 radical (unpaired) electrons. The molecule has 0 bridgehead atoms. The molecule has 1 aliphatic rings. The Bertz CT molecular complexity index is 1050. The Balaban J connectivity index is 1.45. The third-order valence-electron chi connectivity index (χ3n) is 5.77. The smallest absolute Gasteiger partial charge is 0.361 e. The van der Waals surface area contributed by atoms with Crippen LogP contribution in [-0.4, -0.2) is 39.0 Å². The molecule has 3 aromatic heterocycles. The summed E-state index contributed by atoms with van der Waals surface area (Å²) in [6.45, 7) is 4.93. The number of nitrogens with one attached hydrogen (secondary N) is 1. The highest BCUT2D eigenvalue weighted by Crippen LogP contribution is 2.32. The zero-order chi connectivity index (χ0) is 21.5. The number of nitrogens with zero attached hydrogens (tertiary/aromatic N) is 3. The Morgan fingerprint density at radius 3 is 2.83 bits per heavy atom. The minimum Gasteiger partial charge on any atom is -0.361 e. The van der Waals surface area contributed by atoms with Crippen LogP contribution in [0, 0.1) is 13.8 Å². The molecule has 0 aliphatic carbocycles. The van der Waals surface area contributed by atoms with Gasteiger partial charge in [0.25, 0.3) is 0 Å². The predicted molar refractivity (Wildman–Crippen MR) is 104 cm³/mol. The molecule has 3 aromatic rings. The summed E-state index contributed by atoms with van der Waals surface area (Å²) >= 11 is 0. The van der Waals surface area contributed by atoms with Gasteiger partial charge < -0.3 is 14.4 Å². The summed E-state index contributed by atoms with van der Waals surface area (Å²) in [4.78, 5) is 21.5. The van der Waals surface area contributed by atoms with Crippen molar-refractivity contribution < 1.29 is 22.5 Å². The quantitative estimate of drug-likeness (QED) is 0.673. The van der Waals surface area contributed by atoms with Crippen molar-refractivity contribution in [2.45, 2.75) is 51.6 Å². The normalized spacial score (nSPS) is 17.6. The Hall–Kier alpha value is -2.84. The van der Waals surface area contributed by atoms with Crippen molar-refractivity contribution in [3.05, 3.63) is 46.6 Å². The lowest BCUT2D eigenvalue weighted by Gasteiger charge is -2.32. The summed E-state index contributed by atoms with van der Waals surface area (Å²) in [7, 11) is 0. The van der Waals surface area contributed by atoms with Crippen LogP contribution in [0.4, 0.5) is 13.2 Å². The van der Waals surface area contributed by atoms with Crippen LogP contribution in [0.2, 0.25) is 0 Å². The first-order chi connectivity index (χ1) is 14.2. The fourth-order valence-corrected chi connectivity index (χ4v) is 4.11. The van der Waals surface area contributed by atoms with Crippen LogP contribution in [0.3, 0.4) is 0 Å². The second kappa shape index (κ2) is 7.77. The highest BCUT2D eigenvalue weighted by Gasteiger charge is 2.33. The third-order valence-corrected chi connectivity index (χ3v) is 5.77. The van der Waals surface area contributed by atoms with Crippen molar-refractivity contribution in [3.63, 3.8) is 0 Å². The van der Waals surface area contributed by atoms with Crippen LogP contribution in [0.15, 0.2) is 22.7 Å². The molecule has 0 spiro atoms. The zero-order valence-corrected chi connectivity index (χ0v) is 16.8. The number of pyridine rings is 1. The Morgan fingerprint density at radius 1 is 1.33 bits per heavy atom. The van der Waals surface area contributed by atoms with Gasteiger partial charge in [-0.25, -0.2) is 4.98 Å². The molecular weight excluding hydrogens is 397 g/mol. The van der Waals surface area contributed by atoms with Crippen LogP contribution in [0.5, 0.6) is 0 Å². The van der Waals surface area contributed by atoms with Crippen LogP contribution >= 0.6 is 0 Å². The van der Waals surface area contributed by atoms with Gasteiger partial charge in [-0.2, -0.15) is 13.2 Å². The number of aryl methyl sites for hydroxylation is 2. The molecule has 1 aliphatic heterocycles. The van der Waals surface area contributed by atoms with Crippen molar-refractivity contribution in [3.8, 4) is 0 Å². The summed E-state index contributed by atoms with van der Waals surface area (Å²) < 4.78 is 43.9. The summed E-state index contributed by atoms with van der Waals surface area (Å²) in [6, 6.07) is 4.06. The first-order valence-electron chi connectivity index (χ1n) is 9.98. The highest BCUT2D eigenvalue weighted by molar-refractivity contribution is 5.78. The fraction of sp³-hybridized carbons (Fsp3) is 0.476. The lowest BCUT2D eigenvalue weighted by molar-refractivity contribution is -0.141. The third kappa shape index (κ3) is 4.06. The number of carbonyl (C=O) groups is 1. The van der Waals surface area contributed by atoms with E-state index < -0.39 is 11.9 Å². The summed E-state index contributed by atoms with van der Waals surface area (Å²) in [5.41, 5.74) is 2.56. The van der Waals surface area contributed by atoms with E-state index >= 15 is 0 Å². The minimum atomic E-state index is -4.47. The number of fused-ring (bicyclic) bond motifs is 1.